The summed E-state index contributed by atoms with van der Waals surface area (Å²) in [5, 5.41) is 7.15. The summed E-state index contributed by atoms with van der Waals surface area (Å²) in [6, 6.07) is 0.552. The molecule has 1 aromatic rings. The number of ether oxygens (including phenoxy) is 1. The van der Waals surface area contributed by atoms with Crippen molar-refractivity contribution in [1.29, 1.82) is 0 Å². The largest absolute Gasteiger partial charge is 0.381 e. The molecule has 3 saturated heterocycles. The molecule has 0 saturated carbocycles. The molecule has 1 amide bonds. The summed E-state index contributed by atoms with van der Waals surface area (Å²) in [7, 11) is 0. The molecule has 0 spiro atoms. The maximum absolute atomic E-state index is 12.9. The van der Waals surface area contributed by atoms with Gasteiger partial charge in [-0.15, -0.1) is 0 Å². The van der Waals surface area contributed by atoms with Gasteiger partial charge in [-0.2, -0.15) is 5.10 Å². The Bertz CT molecular complexity index is 532. The predicted molar refractivity (Wildman–Crippen MR) is 81.9 cm³/mol. The molecule has 0 aromatic carbocycles. The lowest BCUT2D eigenvalue weighted by atomic mass is 10.0. The zero-order chi connectivity index (χ0) is 14.9. The Hall–Kier alpha value is -1.40. The van der Waals surface area contributed by atoms with Crippen molar-refractivity contribution < 1.29 is 9.53 Å². The Kier molecular flexibility index (Phi) is 3.88. The quantitative estimate of drug-likeness (QED) is 0.912. The highest BCUT2D eigenvalue weighted by Crippen LogP contribution is 2.28. The van der Waals surface area contributed by atoms with E-state index in [1.165, 1.54) is 25.9 Å². The molecule has 3 aliphatic heterocycles. The molecular formula is C16H24N4O2. The number of likely N-dealkylation sites (tertiary alicyclic amines) is 2. The number of H-pyrrole nitrogens is 1. The number of aromatic amines is 1. The van der Waals surface area contributed by atoms with Crippen LogP contribution in [0.3, 0.4) is 0 Å². The van der Waals surface area contributed by atoms with E-state index in [0.717, 1.165) is 43.8 Å². The van der Waals surface area contributed by atoms with Crippen molar-refractivity contribution in [2.75, 3.05) is 39.4 Å². The second kappa shape index (κ2) is 6.01. The smallest absolute Gasteiger partial charge is 0.257 e. The second-order valence-corrected chi connectivity index (χ2v) is 6.69. The predicted octanol–water partition coefficient (Wildman–Crippen LogP) is 1.22. The Morgan fingerprint density at radius 2 is 2.14 bits per heavy atom. The van der Waals surface area contributed by atoms with Gasteiger partial charge in [0.1, 0.15) is 0 Å². The van der Waals surface area contributed by atoms with Gasteiger partial charge in [-0.05, 0) is 38.8 Å². The Morgan fingerprint density at radius 1 is 1.27 bits per heavy atom. The molecule has 1 N–H and O–H groups in total. The van der Waals surface area contributed by atoms with Gasteiger partial charge in [0.25, 0.3) is 5.91 Å². The summed E-state index contributed by atoms with van der Waals surface area (Å²) < 4.78 is 5.45. The first-order valence-electron chi connectivity index (χ1n) is 8.47. The van der Waals surface area contributed by atoms with Gasteiger partial charge in [0, 0.05) is 31.7 Å². The number of carbonyl (C=O) groups excluding carboxylic acids is 1. The van der Waals surface area contributed by atoms with Gasteiger partial charge in [0.2, 0.25) is 0 Å². The van der Waals surface area contributed by atoms with Gasteiger partial charge in [0.05, 0.1) is 24.1 Å². The molecule has 120 valence electrons. The standard InChI is InChI=1S/C16H24N4O2/c21-16(14-9-17-18-15(14)12-4-8-22-11-12)20-7-3-13(10-20)19-5-1-2-6-19/h9,12-13H,1-8,10-11H2,(H,17,18)/t12-,13+/m1/s1. The summed E-state index contributed by atoms with van der Waals surface area (Å²) in [6.07, 6.45) is 6.37. The van der Waals surface area contributed by atoms with Gasteiger partial charge in [-0.3, -0.25) is 14.8 Å². The first-order valence-corrected chi connectivity index (χ1v) is 8.47. The van der Waals surface area contributed by atoms with E-state index in [4.69, 9.17) is 4.74 Å². The van der Waals surface area contributed by atoms with Crippen molar-refractivity contribution in [2.24, 2.45) is 0 Å². The van der Waals surface area contributed by atoms with E-state index in [9.17, 15) is 4.79 Å². The normalized spacial score (nSPS) is 29.5. The number of rotatable bonds is 3. The van der Waals surface area contributed by atoms with Crippen LogP contribution in [0, 0.1) is 0 Å². The topological polar surface area (TPSA) is 61.5 Å². The zero-order valence-corrected chi connectivity index (χ0v) is 13.0. The summed E-state index contributed by atoms with van der Waals surface area (Å²) in [4.78, 5) is 17.4. The lowest BCUT2D eigenvalue weighted by Crippen LogP contribution is -2.37. The third kappa shape index (κ3) is 2.54. The summed E-state index contributed by atoms with van der Waals surface area (Å²) in [5.74, 6) is 0.427. The minimum Gasteiger partial charge on any atom is -0.381 e. The van der Waals surface area contributed by atoms with Crippen LogP contribution in [-0.4, -0.2) is 71.3 Å². The number of nitrogens with zero attached hydrogens (tertiary/aromatic N) is 3. The number of aromatic nitrogens is 2. The second-order valence-electron chi connectivity index (χ2n) is 6.69. The minimum absolute atomic E-state index is 0.136. The molecule has 2 atom stereocenters. The monoisotopic (exact) mass is 304 g/mol. The fourth-order valence-electron chi connectivity index (χ4n) is 4.04. The van der Waals surface area contributed by atoms with Crippen LogP contribution in [0.5, 0.6) is 0 Å². The van der Waals surface area contributed by atoms with Gasteiger partial charge in [-0.1, -0.05) is 0 Å². The molecule has 0 radical (unpaired) electrons. The van der Waals surface area contributed by atoms with Crippen LogP contribution in [0.1, 0.15) is 47.7 Å². The van der Waals surface area contributed by atoms with Crippen LogP contribution in [0.4, 0.5) is 0 Å². The van der Waals surface area contributed by atoms with E-state index in [1.54, 1.807) is 6.20 Å². The highest BCUT2D eigenvalue weighted by atomic mass is 16.5. The Labute approximate surface area is 130 Å². The number of hydrogen-bond donors (Lipinski definition) is 1. The Balaban J connectivity index is 1.45. The van der Waals surface area contributed by atoms with Crippen LogP contribution >= 0.6 is 0 Å². The first-order chi connectivity index (χ1) is 10.8. The molecule has 6 nitrogen and oxygen atoms in total. The molecule has 0 unspecified atom stereocenters. The van der Waals surface area contributed by atoms with Crippen molar-refractivity contribution in [3.8, 4) is 0 Å². The molecule has 3 aliphatic rings. The highest BCUT2D eigenvalue weighted by molar-refractivity contribution is 5.95. The number of carbonyl (C=O) groups is 1. The number of nitrogens with one attached hydrogen (secondary N) is 1. The first kappa shape index (κ1) is 14.2. The molecule has 1 aromatic heterocycles. The SMILES string of the molecule is O=C(c1cn[nH]c1[C@@H]1CCOC1)N1CC[C@H](N2CCCC2)C1. The number of amides is 1. The van der Waals surface area contributed by atoms with Crippen LogP contribution < -0.4 is 0 Å². The fourth-order valence-corrected chi connectivity index (χ4v) is 4.04. The van der Waals surface area contributed by atoms with Crippen molar-refractivity contribution in [1.82, 2.24) is 20.0 Å². The van der Waals surface area contributed by atoms with Crippen LogP contribution in [0.2, 0.25) is 0 Å². The average Bonchev–Trinajstić information content (AvgIpc) is 3.35. The lowest BCUT2D eigenvalue weighted by molar-refractivity contribution is 0.0778. The number of hydrogen-bond acceptors (Lipinski definition) is 4. The highest BCUT2D eigenvalue weighted by Gasteiger charge is 2.34. The van der Waals surface area contributed by atoms with Crippen molar-refractivity contribution >= 4 is 5.91 Å². The average molecular weight is 304 g/mol. The maximum Gasteiger partial charge on any atom is 0.257 e. The van der Waals surface area contributed by atoms with Crippen LogP contribution in [0.15, 0.2) is 6.20 Å². The van der Waals surface area contributed by atoms with Gasteiger partial charge in [0.15, 0.2) is 0 Å². The summed E-state index contributed by atoms with van der Waals surface area (Å²) in [6.45, 7) is 5.60. The molecule has 0 aliphatic carbocycles. The van der Waals surface area contributed by atoms with Crippen molar-refractivity contribution in [3.05, 3.63) is 17.5 Å². The molecule has 4 heterocycles. The van der Waals surface area contributed by atoms with E-state index in [1.807, 2.05) is 4.90 Å². The molecule has 3 fully saturated rings. The summed E-state index contributed by atoms with van der Waals surface area (Å²) >= 11 is 0. The van der Waals surface area contributed by atoms with E-state index in [0.29, 0.717) is 18.6 Å². The molecule has 0 bridgehead atoms. The van der Waals surface area contributed by atoms with Gasteiger partial charge in [-0.25, -0.2) is 0 Å². The molecule has 6 heteroatoms. The van der Waals surface area contributed by atoms with Gasteiger partial charge >= 0.3 is 0 Å². The lowest BCUT2D eigenvalue weighted by Gasteiger charge is -2.23. The maximum atomic E-state index is 12.9. The van der Waals surface area contributed by atoms with Crippen molar-refractivity contribution in [3.63, 3.8) is 0 Å². The Morgan fingerprint density at radius 3 is 2.91 bits per heavy atom. The fraction of sp³-hybridized carbons (Fsp3) is 0.750. The summed E-state index contributed by atoms with van der Waals surface area (Å²) in [5.41, 5.74) is 1.71. The van der Waals surface area contributed by atoms with E-state index < -0.39 is 0 Å². The molecule has 22 heavy (non-hydrogen) atoms. The van der Waals surface area contributed by atoms with Crippen molar-refractivity contribution in [2.45, 2.75) is 37.6 Å². The third-order valence-electron chi connectivity index (χ3n) is 5.34. The molecule has 4 rings (SSSR count). The molecular weight excluding hydrogens is 280 g/mol. The third-order valence-corrected chi connectivity index (χ3v) is 5.34. The minimum atomic E-state index is 0.136. The van der Waals surface area contributed by atoms with Crippen LogP contribution in [0.25, 0.3) is 0 Å². The van der Waals surface area contributed by atoms with E-state index >= 15 is 0 Å². The van der Waals surface area contributed by atoms with E-state index in [2.05, 4.69) is 15.1 Å². The van der Waals surface area contributed by atoms with Crippen LogP contribution in [-0.2, 0) is 4.74 Å². The van der Waals surface area contributed by atoms with Gasteiger partial charge < -0.3 is 9.64 Å². The van der Waals surface area contributed by atoms with E-state index in [-0.39, 0.29) is 5.91 Å². The zero-order valence-electron chi connectivity index (χ0n) is 13.0.